The van der Waals surface area contributed by atoms with E-state index in [1.54, 1.807) is 18.2 Å². The monoisotopic (exact) mass is 340 g/mol. The molecule has 0 spiro atoms. The Labute approximate surface area is 138 Å². The summed E-state index contributed by atoms with van der Waals surface area (Å²) in [5.41, 5.74) is 2.17. The maximum absolute atomic E-state index is 12.5. The number of hydrogen-bond donors (Lipinski definition) is 1. The quantitative estimate of drug-likeness (QED) is 0.822. The van der Waals surface area contributed by atoms with Gasteiger partial charge in [-0.2, -0.15) is 0 Å². The van der Waals surface area contributed by atoms with Gasteiger partial charge in [0.2, 0.25) is 0 Å². The maximum atomic E-state index is 12.5. The van der Waals surface area contributed by atoms with Crippen molar-refractivity contribution in [1.82, 2.24) is 0 Å². The van der Waals surface area contributed by atoms with Crippen molar-refractivity contribution in [3.8, 4) is 22.6 Å². The molecule has 2 rings (SSSR count). The van der Waals surface area contributed by atoms with Crippen molar-refractivity contribution < 1.29 is 27.8 Å². The van der Waals surface area contributed by atoms with E-state index in [-0.39, 0.29) is 30.6 Å². The van der Waals surface area contributed by atoms with E-state index in [9.17, 15) is 18.3 Å². The highest BCUT2D eigenvalue weighted by Crippen LogP contribution is 2.36. The van der Waals surface area contributed by atoms with Gasteiger partial charge in [-0.15, -0.1) is 13.2 Å². The average Bonchev–Trinajstić information content (AvgIpc) is 2.52. The standard InChI is InChI=1S/C18H19F3O3/c1-12(2)11-23-17-9-15(6-7-16(17)24-18(19,20)21)14-5-3-4-13(8-14)10-22/h3-9,12,22H,10-11H2,1-2H3. The molecule has 2 aromatic carbocycles. The van der Waals surface area contributed by atoms with Crippen molar-refractivity contribution in [2.24, 2.45) is 5.92 Å². The molecule has 0 atom stereocenters. The predicted molar refractivity (Wildman–Crippen MR) is 84.8 cm³/mol. The molecule has 3 nitrogen and oxygen atoms in total. The molecule has 130 valence electrons. The van der Waals surface area contributed by atoms with E-state index < -0.39 is 6.36 Å². The Hall–Kier alpha value is -2.21. The molecule has 0 aromatic heterocycles. The Morgan fingerprint density at radius 2 is 1.71 bits per heavy atom. The van der Waals surface area contributed by atoms with Crippen molar-refractivity contribution in [3.63, 3.8) is 0 Å². The highest BCUT2D eigenvalue weighted by molar-refractivity contribution is 5.67. The first kappa shape index (κ1) is 18.1. The number of halogens is 3. The largest absolute Gasteiger partial charge is 0.573 e. The molecule has 0 fully saturated rings. The molecule has 1 N–H and O–H groups in total. The van der Waals surface area contributed by atoms with Crippen molar-refractivity contribution in [2.45, 2.75) is 26.8 Å². The van der Waals surface area contributed by atoms with Crippen LogP contribution >= 0.6 is 0 Å². The second kappa shape index (κ2) is 7.57. The van der Waals surface area contributed by atoms with E-state index in [0.29, 0.717) is 11.1 Å². The molecule has 0 radical (unpaired) electrons. The summed E-state index contributed by atoms with van der Waals surface area (Å²) in [5.74, 6) is -0.178. The Morgan fingerprint density at radius 1 is 1.00 bits per heavy atom. The van der Waals surface area contributed by atoms with Gasteiger partial charge in [0.1, 0.15) is 0 Å². The van der Waals surface area contributed by atoms with Crippen LogP contribution in [0.5, 0.6) is 11.5 Å². The molecule has 0 saturated heterocycles. The third-order valence-corrected chi connectivity index (χ3v) is 3.18. The van der Waals surface area contributed by atoms with Crippen molar-refractivity contribution in [3.05, 3.63) is 48.0 Å². The van der Waals surface area contributed by atoms with Crippen LogP contribution in [0.3, 0.4) is 0 Å². The molecule has 0 bridgehead atoms. The molecule has 0 saturated carbocycles. The van der Waals surface area contributed by atoms with Gasteiger partial charge < -0.3 is 14.6 Å². The van der Waals surface area contributed by atoms with Gasteiger partial charge in [-0.1, -0.05) is 38.1 Å². The fraction of sp³-hybridized carbons (Fsp3) is 0.333. The summed E-state index contributed by atoms with van der Waals surface area (Å²) >= 11 is 0. The minimum atomic E-state index is -4.78. The van der Waals surface area contributed by atoms with Crippen LogP contribution < -0.4 is 9.47 Å². The molecule has 0 amide bonds. The Morgan fingerprint density at radius 3 is 2.33 bits per heavy atom. The van der Waals surface area contributed by atoms with E-state index in [4.69, 9.17) is 4.74 Å². The lowest BCUT2D eigenvalue weighted by Gasteiger charge is -2.16. The summed E-state index contributed by atoms with van der Waals surface area (Å²) in [6, 6.07) is 11.4. The smallest absolute Gasteiger partial charge is 0.489 e. The summed E-state index contributed by atoms with van der Waals surface area (Å²) in [4.78, 5) is 0. The summed E-state index contributed by atoms with van der Waals surface area (Å²) in [6.45, 7) is 3.96. The second-order valence-corrected chi connectivity index (χ2v) is 5.77. The molecular formula is C18H19F3O3. The molecule has 0 unspecified atom stereocenters. The third-order valence-electron chi connectivity index (χ3n) is 3.18. The highest BCUT2D eigenvalue weighted by Gasteiger charge is 2.32. The molecule has 2 aromatic rings. The highest BCUT2D eigenvalue weighted by atomic mass is 19.4. The summed E-state index contributed by atoms with van der Waals surface area (Å²) < 4.78 is 47.1. The maximum Gasteiger partial charge on any atom is 0.573 e. The van der Waals surface area contributed by atoms with Crippen molar-refractivity contribution >= 4 is 0 Å². The normalized spacial score (nSPS) is 11.6. The zero-order valence-corrected chi connectivity index (χ0v) is 13.4. The Kier molecular flexibility index (Phi) is 5.72. The minimum absolute atomic E-state index is 0.0351. The number of aliphatic hydroxyl groups excluding tert-OH is 1. The van der Waals surface area contributed by atoms with E-state index >= 15 is 0 Å². The number of rotatable bonds is 6. The SMILES string of the molecule is CC(C)COc1cc(-c2cccc(CO)c2)ccc1OC(F)(F)F. The van der Waals surface area contributed by atoms with Crippen LogP contribution in [0.4, 0.5) is 13.2 Å². The van der Waals surface area contributed by atoms with Gasteiger partial charge in [-0.05, 0) is 40.8 Å². The van der Waals surface area contributed by atoms with Crippen LogP contribution in [-0.4, -0.2) is 18.1 Å². The van der Waals surface area contributed by atoms with Crippen LogP contribution in [-0.2, 0) is 6.61 Å². The van der Waals surface area contributed by atoms with Crippen LogP contribution in [0.25, 0.3) is 11.1 Å². The Bertz CT molecular complexity index is 681. The van der Waals surface area contributed by atoms with Gasteiger partial charge in [-0.25, -0.2) is 0 Å². The summed E-state index contributed by atoms with van der Waals surface area (Å²) in [5, 5.41) is 9.21. The Balaban J connectivity index is 2.38. The van der Waals surface area contributed by atoms with Crippen molar-refractivity contribution in [1.29, 1.82) is 0 Å². The van der Waals surface area contributed by atoms with Crippen LogP contribution in [0.15, 0.2) is 42.5 Å². The van der Waals surface area contributed by atoms with Crippen LogP contribution in [0, 0.1) is 5.92 Å². The summed E-state index contributed by atoms with van der Waals surface area (Å²) in [6.07, 6.45) is -4.78. The zero-order valence-electron chi connectivity index (χ0n) is 13.4. The average molecular weight is 340 g/mol. The topological polar surface area (TPSA) is 38.7 Å². The summed E-state index contributed by atoms with van der Waals surface area (Å²) in [7, 11) is 0. The molecule has 0 aliphatic heterocycles. The fourth-order valence-electron chi connectivity index (χ4n) is 2.12. The van der Waals surface area contributed by atoms with E-state index in [2.05, 4.69) is 4.74 Å². The molecular weight excluding hydrogens is 321 g/mol. The van der Waals surface area contributed by atoms with Crippen LogP contribution in [0.2, 0.25) is 0 Å². The number of aliphatic hydroxyl groups is 1. The molecule has 6 heteroatoms. The minimum Gasteiger partial charge on any atom is -0.489 e. The zero-order chi connectivity index (χ0) is 17.7. The lowest BCUT2D eigenvalue weighted by atomic mass is 10.0. The van der Waals surface area contributed by atoms with E-state index in [0.717, 1.165) is 5.56 Å². The fourth-order valence-corrected chi connectivity index (χ4v) is 2.12. The molecule has 0 aliphatic carbocycles. The molecule has 0 aliphatic rings. The van der Waals surface area contributed by atoms with Gasteiger partial charge in [0.05, 0.1) is 13.2 Å². The first-order chi connectivity index (χ1) is 11.3. The molecule has 24 heavy (non-hydrogen) atoms. The number of benzene rings is 2. The first-order valence-corrected chi connectivity index (χ1v) is 7.51. The van der Waals surface area contributed by atoms with Gasteiger partial charge in [0.15, 0.2) is 11.5 Å². The molecule has 0 heterocycles. The van der Waals surface area contributed by atoms with Crippen LogP contribution in [0.1, 0.15) is 19.4 Å². The van der Waals surface area contributed by atoms with Crippen molar-refractivity contribution in [2.75, 3.05) is 6.61 Å². The lowest BCUT2D eigenvalue weighted by molar-refractivity contribution is -0.275. The van der Waals surface area contributed by atoms with E-state index in [1.165, 1.54) is 18.2 Å². The first-order valence-electron chi connectivity index (χ1n) is 7.51. The number of hydrogen-bond acceptors (Lipinski definition) is 3. The number of alkyl halides is 3. The van der Waals surface area contributed by atoms with E-state index in [1.807, 2.05) is 19.9 Å². The van der Waals surface area contributed by atoms with Gasteiger partial charge >= 0.3 is 6.36 Å². The van der Waals surface area contributed by atoms with Gasteiger partial charge in [0.25, 0.3) is 0 Å². The third kappa shape index (κ3) is 5.16. The second-order valence-electron chi connectivity index (χ2n) is 5.77. The van der Waals surface area contributed by atoms with Gasteiger partial charge in [-0.3, -0.25) is 0 Å². The predicted octanol–water partition coefficient (Wildman–Crippen LogP) is 4.78. The lowest BCUT2D eigenvalue weighted by Crippen LogP contribution is -2.18. The number of ether oxygens (including phenoxy) is 2. The van der Waals surface area contributed by atoms with Gasteiger partial charge in [0, 0.05) is 0 Å².